The number of furan rings is 1. The number of hydrogen-bond donors (Lipinski definition) is 1. The van der Waals surface area contributed by atoms with Gasteiger partial charge in [0.15, 0.2) is 15.6 Å². The first-order chi connectivity index (χ1) is 12.5. The number of benzene rings is 1. The van der Waals surface area contributed by atoms with Crippen LogP contribution in [-0.2, 0) is 9.84 Å². The fourth-order valence-electron chi connectivity index (χ4n) is 2.47. The quantitative estimate of drug-likeness (QED) is 0.668. The predicted molar refractivity (Wildman–Crippen MR) is 98.3 cm³/mol. The predicted octanol–water partition coefficient (Wildman–Crippen LogP) is 3.29. The van der Waals surface area contributed by atoms with Crippen LogP contribution < -0.4 is 10.1 Å². The first-order valence-electron chi connectivity index (χ1n) is 7.75. The van der Waals surface area contributed by atoms with E-state index < -0.39 is 21.0 Å². The fourth-order valence-corrected chi connectivity index (χ4v) is 5.34. The summed E-state index contributed by atoms with van der Waals surface area (Å²) in [4.78, 5) is 12.1. The van der Waals surface area contributed by atoms with Gasteiger partial charge >= 0.3 is 0 Å². The molecule has 2 heterocycles. The molecular formula is C18H17NO5S2. The second kappa shape index (κ2) is 7.76. The van der Waals surface area contributed by atoms with Crippen molar-refractivity contribution in [3.8, 4) is 5.75 Å². The fraction of sp³-hybridized carbons (Fsp3) is 0.167. The highest BCUT2D eigenvalue weighted by Crippen LogP contribution is 2.32. The molecule has 26 heavy (non-hydrogen) atoms. The van der Waals surface area contributed by atoms with Crippen LogP contribution in [-0.4, -0.2) is 28.0 Å². The van der Waals surface area contributed by atoms with Crippen molar-refractivity contribution in [2.24, 2.45) is 0 Å². The average molecular weight is 391 g/mol. The first-order valence-corrected chi connectivity index (χ1v) is 10.2. The van der Waals surface area contributed by atoms with E-state index in [0.29, 0.717) is 11.3 Å². The molecule has 1 atom stereocenters. The van der Waals surface area contributed by atoms with E-state index in [1.807, 2.05) is 0 Å². The molecule has 0 fully saturated rings. The van der Waals surface area contributed by atoms with E-state index in [4.69, 9.17) is 9.15 Å². The molecule has 1 N–H and O–H groups in total. The minimum Gasteiger partial charge on any atom is -0.497 e. The van der Waals surface area contributed by atoms with Crippen molar-refractivity contribution in [3.05, 3.63) is 71.5 Å². The van der Waals surface area contributed by atoms with Crippen LogP contribution in [0.3, 0.4) is 0 Å². The number of thiophene rings is 1. The number of nitrogens with one attached hydrogen (secondary N) is 1. The molecule has 136 valence electrons. The Balaban J connectivity index is 1.89. The lowest BCUT2D eigenvalue weighted by molar-refractivity contribution is 0.0926. The molecule has 0 radical (unpaired) electrons. The Labute approximate surface area is 155 Å². The van der Waals surface area contributed by atoms with E-state index >= 15 is 0 Å². The van der Waals surface area contributed by atoms with Crippen molar-refractivity contribution in [2.45, 2.75) is 9.46 Å². The first kappa shape index (κ1) is 18.2. The maximum atomic E-state index is 13.1. The minimum absolute atomic E-state index is 0.0773. The summed E-state index contributed by atoms with van der Waals surface area (Å²) in [6.07, 6.45) is 1.39. The van der Waals surface area contributed by atoms with Gasteiger partial charge in [0.05, 0.1) is 13.4 Å². The number of amides is 1. The van der Waals surface area contributed by atoms with Crippen LogP contribution in [0.15, 0.2) is 68.8 Å². The zero-order chi connectivity index (χ0) is 18.6. The Kier molecular flexibility index (Phi) is 5.43. The highest BCUT2D eigenvalue weighted by molar-refractivity contribution is 7.93. The van der Waals surface area contributed by atoms with Gasteiger partial charge in [0.1, 0.15) is 15.2 Å². The lowest BCUT2D eigenvalue weighted by atomic mass is 10.1. The normalized spacial score (nSPS) is 12.5. The molecule has 8 heteroatoms. The number of rotatable bonds is 7. The molecule has 0 aliphatic rings. The Morgan fingerprint density at radius 2 is 1.96 bits per heavy atom. The zero-order valence-electron chi connectivity index (χ0n) is 13.9. The van der Waals surface area contributed by atoms with E-state index in [-0.39, 0.29) is 16.5 Å². The molecule has 6 nitrogen and oxygen atoms in total. The molecule has 3 rings (SSSR count). The van der Waals surface area contributed by atoms with E-state index in [9.17, 15) is 13.2 Å². The van der Waals surface area contributed by atoms with Gasteiger partial charge in [0.25, 0.3) is 5.91 Å². The van der Waals surface area contributed by atoms with Crippen LogP contribution in [0.2, 0.25) is 0 Å². The van der Waals surface area contributed by atoms with E-state index in [2.05, 4.69) is 5.32 Å². The van der Waals surface area contributed by atoms with Crippen LogP contribution in [0.4, 0.5) is 0 Å². The third-order valence-electron chi connectivity index (χ3n) is 3.83. The van der Waals surface area contributed by atoms with Gasteiger partial charge in [-0.25, -0.2) is 8.42 Å². The topological polar surface area (TPSA) is 85.6 Å². The molecule has 2 aromatic heterocycles. The Bertz CT molecular complexity index is 946. The van der Waals surface area contributed by atoms with Gasteiger partial charge in [-0.3, -0.25) is 4.79 Å². The molecule has 0 spiro atoms. The largest absolute Gasteiger partial charge is 0.497 e. The van der Waals surface area contributed by atoms with Crippen LogP contribution >= 0.6 is 11.3 Å². The van der Waals surface area contributed by atoms with Crippen LogP contribution in [0.25, 0.3) is 0 Å². The lowest BCUT2D eigenvalue weighted by Crippen LogP contribution is -2.31. The van der Waals surface area contributed by atoms with Gasteiger partial charge in [-0.15, -0.1) is 11.3 Å². The third-order valence-corrected chi connectivity index (χ3v) is 7.36. The van der Waals surface area contributed by atoms with Crippen LogP contribution in [0.5, 0.6) is 5.75 Å². The smallest absolute Gasteiger partial charge is 0.287 e. The van der Waals surface area contributed by atoms with Gasteiger partial charge in [-0.1, -0.05) is 18.2 Å². The highest BCUT2D eigenvalue weighted by atomic mass is 32.2. The average Bonchev–Trinajstić information content (AvgIpc) is 3.36. The van der Waals surface area contributed by atoms with Crippen molar-refractivity contribution in [1.82, 2.24) is 5.32 Å². The number of hydrogen-bond acceptors (Lipinski definition) is 6. The maximum Gasteiger partial charge on any atom is 0.287 e. The van der Waals surface area contributed by atoms with Crippen molar-refractivity contribution >= 4 is 27.1 Å². The molecule has 0 bridgehead atoms. The van der Waals surface area contributed by atoms with Crippen LogP contribution in [0.1, 0.15) is 21.4 Å². The summed E-state index contributed by atoms with van der Waals surface area (Å²) >= 11 is 1.15. The molecule has 1 amide bonds. The summed E-state index contributed by atoms with van der Waals surface area (Å²) in [6.45, 7) is -0.0773. The monoisotopic (exact) mass is 391 g/mol. The molecule has 0 saturated heterocycles. The molecule has 1 aromatic carbocycles. The second-order valence-electron chi connectivity index (χ2n) is 5.43. The summed E-state index contributed by atoms with van der Waals surface area (Å²) in [7, 11) is -2.12. The van der Waals surface area contributed by atoms with E-state index in [1.54, 1.807) is 55.0 Å². The number of ether oxygens (including phenoxy) is 1. The zero-order valence-corrected chi connectivity index (χ0v) is 15.5. The summed E-state index contributed by atoms with van der Waals surface area (Å²) in [5.41, 5.74) is 0.568. The summed E-state index contributed by atoms with van der Waals surface area (Å²) in [5, 5.41) is 3.42. The minimum atomic E-state index is -3.66. The maximum absolute atomic E-state index is 13.1. The Morgan fingerprint density at radius 1 is 1.19 bits per heavy atom. The molecular weight excluding hydrogens is 374 g/mol. The van der Waals surface area contributed by atoms with E-state index in [1.165, 1.54) is 12.3 Å². The highest BCUT2D eigenvalue weighted by Gasteiger charge is 2.30. The standard InChI is InChI=1S/C18H17NO5S2/c1-23-14-8-6-13(7-9-14)16(26(21,22)17-5-3-11-25-17)12-19-18(20)15-4-2-10-24-15/h2-11,16H,12H2,1H3,(H,19,20)/t16-/m0/s1. The summed E-state index contributed by atoms with van der Waals surface area (Å²) < 4.78 is 36.5. The molecule has 0 saturated carbocycles. The van der Waals surface area contributed by atoms with E-state index in [0.717, 1.165) is 11.3 Å². The third kappa shape index (κ3) is 3.81. The SMILES string of the molecule is COc1ccc([C@H](CNC(=O)c2ccco2)S(=O)(=O)c2cccs2)cc1. The van der Waals surface area contributed by atoms with Crippen molar-refractivity contribution in [2.75, 3.05) is 13.7 Å². The number of methoxy groups -OCH3 is 1. The number of carbonyl (C=O) groups is 1. The molecule has 0 aliphatic heterocycles. The number of carbonyl (C=O) groups excluding carboxylic acids is 1. The van der Waals surface area contributed by atoms with Crippen molar-refractivity contribution in [3.63, 3.8) is 0 Å². The lowest BCUT2D eigenvalue weighted by Gasteiger charge is -2.18. The van der Waals surface area contributed by atoms with Gasteiger partial charge in [0, 0.05) is 6.54 Å². The second-order valence-corrected chi connectivity index (χ2v) is 8.73. The van der Waals surface area contributed by atoms with Crippen LogP contribution in [0, 0.1) is 0 Å². The van der Waals surface area contributed by atoms with Gasteiger partial charge in [0.2, 0.25) is 0 Å². The molecule has 3 aromatic rings. The van der Waals surface area contributed by atoms with Crippen molar-refractivity contribution in [1.29, 1.82) is 0 Å². The van der Waals surface area contributed by atoms with Gasteiger partial charge in [-0.05, 0) is 41.3 Å². The molecule has 0 unspecified atom stereocenters. The summed E-state index contributed by atoms with van der Waals surface area (Å²) in [5.74, 6) is 0.294. The summed E-state index contributed by atoms with van der Waals surface area (Å²) in [6, 6.07) is 13.1. The van der Waals surface area contributed by atoms with Gasteiger partial charge in [-0.2, -0.15) is 0 Å². The number of sulfone groups is 1. The van der Waals surface area contributed by atoms with Crippen molar-refractivity contribution < 1.29 is 22.4 Å². The van der Waals surface area contributed by atoms with Gasteiger partial charge < -0.3 is 14.5 Å². The Morgan fingerprint density at radius 3 is 2.54 bits per heavy atom. The Hall–Kier alpha value is -2.58. The molecule has 0 aliphatic carbocycles.